The standard InChI is InChI=1S/C10H10ClF/c1-6-4-9(6)8-3-2-7(12)5-10(8)11/h2-3,5-6,9H,4H2,1H3. The van der Waals surface area contributed by atoms with Gasteiger partial charge in [-0.3, -0.25) is 0 Å². The summed E-state index contributed by atoms with van der Waals surface area (Å²) in [5.41, 5.74) is 1.10. The molecule has 0 bridgehead atoms. The summed E-state index contributed by atoms with van der Waals surface area (Å²) in [6.45, 7) is 2.18. The van der Waals surface area contributed by atoms with Crippen molar-refractivity contribution in [3.63, 3.8) is 0 Å². The maximum absolute atomic E-state index is 12.6. The van der Waals surface area contributed by atoms with Gasteiger partial charge in [-0.1, -0.05) is 24.6 Å². The first-order valence-electron chi connectivity index (χ1n) is 4.13. The van der Waals surface area contributed by atoms with Gasteiger partial charge >= 0.3 is 0 Å². The van der Waals surface area contributed by atoms with Crippen molar-refractivity contribution in [1.82, 2.24) is 0 Å². The maximum Gasteiger partial charge on any atom is 0.124 e. The molecule has 0 nitrogen and oxygen atoms in total. The van der Waals surface area contributed by atoms with E-state index in [1.165, 1.54) is 18.6 Å². The van der Waals surface area contributed by atoms with Crippen LogP contribution in [0.5, 0.6) is 0 Å². The molecule has 2 atom stereocenters. The first-order valence-corrected chi connectivity index (χ1v) is 4.51. The van der Waals surface area contributed by atoms with E-state index < -0.39 is 0 Å². The van der Waals surface area contributed by atoms with Gasteiger partial charge in [-0.15, -0.1) is 0 Å². The third kappa shape index (κ3) is 1.34. The second kappa shape index (κ2) is 2.74. The van der Waals surface area contributed by atoms with Gasteiger partial charge in [0.05, 0.1) is 0 Å². The lowest BCUT2D eigenvalue weighted by Gasteiger charge is -2.01. The van der Waals surface area contributed by atoms with Crippen LogP contribution in [0.15, 0.2) is 18.2 Å². The smallest absolute Gasteiger partial charge is 0.124 e. The summed E-state index contributed by atoms with van der Waals surface area (Å²) in [5, 5.41) is 0.573. The number of halogens is 2. The monoisotopic (exact) mass is 184 g/mol. The fraction of sp³-hybridized carbons (Fsp3) is 0.400. The Kier molecular flexibility index (Phi) is 1.84. The Balaban J connectivity index is 2.33. The van der Waals surface area contributed by atoms with Crippen molar-refractivity contribution in [3.8, 4) is 0 Å². The highest BCUT2D eigenvalue weighted by molar-refractivity contribution is 6.31. The highest BCUT2D eigenvalue weighted by Gasteiger charge is 2.35. The Hall–Kier alpha value is -0.560. The van der Waals surface area contributed by atoms with Gasteiger partial charge in [-0.05, 0) is 36.0 Å². The maximum atomic E-state index is 12.6. The van der Waals surface area contributed by atoms with Gasteiger partial charge in [0.2, 0.25) is 0 Å². The van der Waals surface area contributed by atoms with E-state index >= 15 is 0 Å². The van der Waals surface area contributed by atoms with Crippen LogP contribution in [-0.2, 0) is 0 Å². The summed E-state index contributed by atoms with van der Waals surface area (Å²) in [5.74, 6) is 1.03. The molecule has 2 rings (SSSR count). The van der Waals surface area contributed by atoms with Crippen LogP contribution in [-0.4, -0.2) is 0 Å². The molecule has 0 spiro atoms. The normalized spacial score (nSPS) is 27.2. The molecular formula is C10H10ClF. The quantitative estimate of drug-likeness (QED) is 0.626. The van der Waals surface area contributed by atoms with Crippen molar-refractivity contribution in [3.05, 3.63) is 34.6 Å². The van der Waals surface area contributed by atoms with Gasteiger partial charge in [-0.25, -0.2) is 4.39 Å². The molecule has 0 heterocycles. The Morgan fingerprint density at radius 2 is 2.17 bits per heavy atom. The van der Waals surface area contributed by atoms with Crippen LogP contribution >= 0.6 is 11.6 Å². The van der Waals surface area contributed by atoms with Gasteiger partial charge in [0, 0.05) is 5.02 Å². The predicted octanol–water partition coefficient (Wildman–Crippen LogP) is 3.60. The van der Waals surface area contributed by atoms with Crippen molar-refractivity contribution in [1.29, 1.82) is 0 Å². The van der Waals surface area contributed by atoms with Crippen molar-refractivity contribution < 1.29 is 4.39 Å². The molecule has 0 aromatic heterocycles. The minimum Gasteiger partial charge on any atom is -0.207 e. The Bertz CT molecular complexity index is 309. The number of rotatable bonds is 1. The van der Waals surface area contributed by atoms with Crippen LogP contribution in [0, 0.1) is 11.7 Å². The first kappa shape index (κ1) is 8.06. The van der Waals surface area contributed by atoms with Gasteiger partial charge in [-0.2, -0.15) is 0 Å². The van der Waals surface area contributed by atoms with E-state index in [1.807, 2.05) is 0 Å². The number of hydrogen-bond acceptors (Lipinski definition) is 0. The van der Waals surface area contributed by atoms with E-state index in [1.54, 1.807) is 6.07 Å². The zero-order valence-electron chi connectivity index (χ0n) is 6.85. The predicted molar refractivity (Wildman–Crippen MR) is 47.9 cm³/mol. The Morgan fingerprint density at radius 3 is 2.67 bits per heavy atom. The molecule has 0 aliphatic heterocycles. The zero-order valence-corrected chi connectivity index (χ0v) is 7.61. The molecule has 2 unspecified atom stereocenters. The van der Waals surface area contributed by atoms with Gasteiger partial charge in [0.15, 0.2) is 0 Å². The molecule has 1 aliphatic carbocycles. The largest absolute Gasteiger partial charge is 0.207 e. The van der Waals surface area contributed by atoms with Crippen LogP contribution < -0.4 is 0 Å². The highest BCUT2D eigenvalue weighted by Crippen LogP contribution is 2.49. The Labute approximate surface area is 76.4 Å². The molecule has 1 aromatic carbocycles. The SMILES string of the molecule is CC1CC1c1ccc(F)cc1Cl. The summed E-state index contributed by atoms with van der Waals surface area (Å²) in [6, 6.07) is 4.67. The lowest BCUT2D eigenvalue weighted by molar-refractivity contribution is 0.627. The van der Waals surface area contributed by atoms with E-state index in [-0.39, 0.29) is 5.82 Å². The molecule has 64 valence electrons. The summed E-state index contributed by atoms with van der Waals surface area (Å²) in [7, 11) is 0. The Morgan fingerprint density at radius 1 is 1.50 bits per heavy atom. The van der Waals surface area contributed by atoms with E-state index in [2.05, 4.69) is 6.92 Å². The first-order chi connectivity index (χ1) is 5.68. The molecule has 12 heavy (non-hydrogen) atoms. The van der Waals surface area contributed by atoms with Crippen LogP contribution in [0.25, 0.3) is 0 Å². The lowest BCUT2D eigenvalue weighted by atomic mass is 10.1. The highest BCUT2D eigenvalue weighted by atomic mass is 35.5. The molecule has 0 amide bonds. The van der Waals surface area contributed by atoms with Crippen LogP contribution in [0.4, 0.5) is 4.39 Å². The number of hydrogen-bond donors (Lipinski definition) is 0. The van der Waals surface area contributed by atoms with E-state index in [9.17, 15) is 4.39 Å². The molecule has 0 radical (unpaired) electrons. The van der Waals surface area contributed by atoms with Crippen molar-refractivity contribution in [2.24, 2.45) is 5.92 Å². The molecule has 1 fully saturated rings. The second-order valence-corrected chi connectivity index (χ2v) is 3.89. The summed E-state index contributed by atoms with van der Waals surface area (Å²) in [4.78, 5) is 0. The summed E-state index contributed by atoms with van der Waals surface area (Å²) >= 11 is 5.89. The van der Waals surface area contributed by atoms with Gasteiger partial charge in [0.1, 0.15) is 5.82 Å². The van der Waals surface area contributed by atoms with Crippen LogP contribution in [0.3, 0.4) is 0 Å². The summed E-state index contributed by atoms with van der Waals surface area (Å²) in [6.07, 6.45) is 1.19. The van der Waals surface area contributed by atoms with Crippen LogP contribution in [0.2, 0.25) is 5.02 Å². The molecule has 1 aromatic rings. The van der Waals surface area contributed by atoms with Gasteiger partial charge < -0.3 is 0 Å². The lowest BCUT2D eigenvalue weighted by Crippen LogP contribution is -1.84. The van der Waals surface area contributed by atoms with E-state index in [0.29, 0.717) is 16.9 Å². The molecule has 1 saturated carbocycles. The van der Waals surface area contributed by atoms with Crippen molar-refractivity contribution in [2.45, 2.75) is 19.3 Å². The van der Waals surface area contributed by atoms with Crippen molar-refractivity contribution in [2.75, 3.05) is 0 Å². The van der Waals surface area contributed by atoms with Crippen LogP contribution in [0.1, 0.15) is 24.8 Å². The second-order valence-electron chi connectivity index (χ2n) is 3.49. The topological polar surface area (TPSA) is 0 Å². The fourth-order valence-electron chi connectivity index (χ4n) is 1.56. The third-order valence-electron chi connectivity index (χ3n) is 2.47. The molecule has 0 saturated heterocycles. The third-order valence-corrected chi connectivity index (χ3v) is 2.80. The summed E-state index contributed by atoms with van der Waals surface area (Å²) < 4.78 is 12.6. The minimum atomic E-state index is -0.253. The molecule has 1 aliphatic rings. The minimum absolute atomic E-state index is 0.253. The molecule has 0 N–H and O–H groups in total. The average Bonchev–Trinajstić information content (AvgIpc) is 2.66. The number of benzene rings is 1. The average molecular weight is 185 g/mol. The molecule has 2 heteroatoms. The van der Waals surface area contributed by atoms with E-state index in [0.717, 1.165) is 5.56 Å². The van der Waals surface area contributed by atoms with Gasteiger partial charge in [0.25, 0.3) is 0 Å². The fourth-order valence-corrected chi connectivity index (χ4v) is 1.87. The van der Waals surface area contributed by atoms with E-state index in [4.69, 9.17) is 11.6 Å². The van der Waals surface area contributed by atoms with Crippen molar-refractivity contribution >= 4 is 11.6 Å². The molecular weight excluding hydrogens is 175 g/mol. The zero-order chi connectivity index (χ0) is 8.72.